The molecule has 2 rings (SSSR count). The average molecular weight is 333 g/mol. The fraction of sp³-hybridized carbons (Fsp3) is 0.143. The largest absolute Gasteiger partial charge is 0.323 e. The van der Waals surface area contributed by atoms with Crippen LogP contribution in [0.5, 0.6) is 0 Å². The maximum Gasteiger partial charge on any atom is 0.0640 e. The third kappa shape index (κ3) is 3.80. The highest BCUT2D eigenvalue weighted by molar-refractivity contribution is 7.99. The van der Waals surface area contributed by atoms with Gasteiger partial charge in [0.15, 0.2) is 0 Å². The van der Waals surface area contributed by atoms with E-state index in [1.54, 1.807) is 17.8 Å². The molecule has 19 heavy (non-hydrogen) atoms. The van der Waals surface area contributed by atoms with E-state index in [-0.39, 0.29) is 6.04 Å². The van der Waals surface area contributed by atoms with Crippen molar-refractivity contribution in [1.82, 2.24) is 0 Å². The van der Waals surface area contributed by atoms with Gasteiger partial charge in [0, 0.05) is 16.7 Å². The van der Waals surface area contributed by atoms with E-state index in [1.165, 1.54) is 0 Å². The number of thioether (sulfide) groups is 1. The van der Waals surface area contributed by atoms with E-state index in [0.29, 0.717) is 15.8 Å². The Balaban J connectivity index is 2.08. The Kier molecular flexibility index (Phi) is 5.43. The monoisotopic (exact) mass is 331 g/mol. The van der Waals surface area contributed by atoms with Gasteiger partial charge in [-0.05, 0) is 23.8 Å². The molecule has 0 heterocycles. The second-order valence-corrected chi connectivity index (χ2v) is 6.25. The van der Waals surface area contributed by atoms with Crippen LogP contribution in [0.1, 0.15) is 11.6 Å². The first-order valence-electron chi connectivity index (χ1n) is 5.66. The summed E-state index contributed by atoms with van der Waals surface area (Å²) in [5, 5.41) is 1.78. The van der Waals surface area contributed by atoms with Crippen molar-refractivity contribution in [3.63, 3.8) is 0 Å². The van der Waals surface area contributed by atoms with Crippen LogP contribution < -0.4 is 5.73 Å². The van der Waals surface area contributed by atoms with Crippen LogP contribution in [0.25, 0.3) is 0 Å². The van der Waals surface area contributed by atoms with Gasteiger partial charge in [-0.15, -0.1) is 11.8 Å². The van der Waals surface area contributed by atoms with Gasteiger partial charge in [0.1, 0.15) is 0 Å². The number of benzene rings is 2. The van der Waals surface area contributed by atoms with E-state index in [0.717, 1.165) is 15.5 Å². The van der Waals surface area contributed by atoms with E-state index < -0.39 is 0 Å². The van der Waals surface area contributed by atoms with Crippen LogP contribution in [-0.2, 0) is 0 Å². The second-order valence-electron chi connectivity index (χ2n) is 3.99. The Morgan fingerprint density at radius 2 is 1.63 bits per heavy atom. The molecule has 0 bridgehead atoms. The number of hydrogen-bond acceptors (Lipinski definition) is 2. The van der Waals surface area contributed by atoms with Crippen LogP contribution in [0, 0.1) is 0 Å². The van der Waals surface area contributed by atoms with Crippen molar-refractivity contribution in [1.29, 1.82) is 0 Å². The average Bonchev–Trinajstić information content (AvgIpc) is 2.40. The fourth-order valence-electron chi connectivity index (χ4n) is 1.64. The van der Waals surface area contributed by atoms with Gasteiger partial charge in [0.05, 0.1) is 15.1 Å². The van der Waals surface area contributed by atoms with E-state index in [9.17, 15) is 0 Å². The molecule has 0 aliphatic carbocycles. The van der Waals surface area contributed by atoms with E-state index >= 15 is 0 Å². The predicted molar refractivity (Wildman–Crippen MR) is 85.6 cm³/mol. The lowest BCUT2D eigenvalue weighted by Crippen LogP contribution is -2.13. The Morgan fingerprint density at radius 1 is 0.947 bits per heavy atom. The summed E-state index contributed by atoms with van der Waals surface area (Å²) < 4.78 is 0. The summed E-state index contributed by atoms with van der Waals surface area (Å²) in [6.45, 7) is 0. The normalized spacial score (nSPS) is 12.4. The molecule has 0 fully saturated rings. The van der Waals surface area contributed by atoms with E-state index in [4.69, 9.17) is 40.5 Å². The van der Waals surface area contributed by atoms with Gasteiger partial charge in [-0.25, -0.2) is 0 Å². The number of nitrogens with two attached hydrogens (primary N) is 1. The van der Waals surface area contributed by atoms with Crippen molar-refractivity contribution in [2.24, 2.45) is 5.73 Å². The molecular weight excluding hydrogens is 321 g/mol. The van der Waals surface area contributed by atoms with Gasteiger partial charge in [-0.1, -0.05) is 59.1 Å². The highest BCUT2D eigenvalue weighted by atomic mass is 35.5. The van der Waals surface area contributed by atoms with Crippen LogP contribution >= 0.6 is 46.6 Å². The quantitative estimate of drug-likeness (QED) is 0.754. The molecule has 0 amide bonds. The molecule has 100 valence electrons. The van der Waals surface area contributed by atoms with E-state index in [2.05, 4.69) is 0 Å². The third-order valence-electron chi connectivity index (χ3n) is 2.64. The zero-order valence-corrected chi connectivity index (χ0v) is 13.0. The van der Waals surface area contributed by atoms with Crippen molar-refractivity contribution in [3.05, 3.63) is 63.1 Å². The molecule has 0 aliphatic rings. The smallest absolute Gasteiger partial charge is 0.0640 e. The summed E-state index contributed by atoms with van der Waals surface area (Å²) in [7, 11) is 0. The molecule has 1 unspecified atom stereocenters. The second kappa shape index (κ2) is 6.87. The Hall–Kier alpha value is -0.380. The number of hydrogen-bond donors (Lipinski definition) is 1. The van der Waals surface area contributed by atoms with Crippen LogP contribution in [0.4, 0.5) is 0 Å². The lowest BCUT2D eigenvalue weighted by molar-refractivity contribution is 0.831. The Labute approximate surface area is 132 Å². The standard InChI is InChI=1S/C14H12Cl3NS/c15-10-5-1-2-7-13(10)19-8-12(18)9-4-3-6-11(16)14(9)17/h1-7,12H,8,18H2. The molecule has 0 saturated carbocycles. The van der Waals surface area contributed by atoms with Gasteiger partial charge >= 0.3 is 0 Å². The van der Waals surface area contributed by atoms with Crippen molar-refractivity contribution in [2.75, 3.05) is 5.75 Å². The topological polar surface area (TPSA) is 26.0 Å². The molecule has 0 aromatic heterocycles. The molecule has 1 atom stereocenters. The molecule has 2 aromatic rings. The van der Waals surface area contributed by atoms with Gasteiger partial charge in [0.2, 0.25) is 0 Å². The SMILES string of the molecule is NC(CSc1ccccc1Cl)c1cccc(Cl)c1Cl. The van der Waals surface area contributed by atoms with Gasteiger partial charge < -0.3 is 5.73 Å². The van der Waals surface area contributed by atoms with E-state index in [1.807, 2.05) is 36.4 Å². The first kappa shape index (κ1) is 15.0. The first-order valence-corrected chi connectivity index (χ1v) is 7.78. The third-order valence-corrected chi connectivity index (χ3v) is 5.10. The van der Waals surface area contributed by atoms with Gasteiger partial charge in [-0.2, -0.15) is 0 Å². The zero-order valence-electron chi connectivity index (χ0n) is 9.95. The summed E-state index contributed by atoms with van der Waals surface area (Å²) in [5.41, 5.74) is 7.01. The molecule has 0 spiro atoms. The summed E-state index contributed by atoms with van der Waals surface area (Å²) in [6, 6.07) is 13.0. The fourth-order valence-corrected chi connectivity index (χ4v) is 3.30. The summed E-state index contributed by atoms with van der Waals surface area (Å²) in [5.74, 6) is 0.684. The summed E-state index contributed by atoms with van der Waals surface area (Å²) in [4.78, 5) is 1.01. The lowest BCUT2D eigenvalue weighted by Gasteiger charge is -2.14. The number of rotatable bonds is 4. The highest BCUT2D eigenvalue weighted by Gasteiger charge is 2.13. The molecule has 0 radical (unpaired) electrons. The van der Waals surface area contributed by atoms with Crippen molar-refractivity contribution in [2.45, 2.75) is 10.9 Å². The van der Waals surface area contributed by atoms with Crippen LogP contribution in [0.2, 0.25) is 15.1 Å². The summed E-state index contributed by atoms with van der Waals surface area (Å²) in [6.07, 6.45) is 0. The Bertz CT molecular complexity index is 574. The maximum atomic E-state index is 6.16. The summed E-state index contributed by atoms with van der Waals surface area (Å²) >= 11 is 19.8. The van der Waals surface area contributed by atoms with Crippen LogP contribution in [0.3, 0.4) is 0 Å². The molecule has 5 heteroatoms. The lowest BCUT2D eigenvalue weighted by atomic mass is 10.1. The predicted octanol–water partition coefficient (Wildman–Crippen LogP) is 5.44. The molecule has 2 aromatic carbocycles. The van der Waals surface area contributed by atoms with Crippen molar-refractivity contribution >= 4 is 46.6 Å². The zero-order chi connectivity index (χ0) is 13.8. The number of halogens is 3. The molecule has 2 N–H and O–H groups in total. The minimum Gasteiger partial charge on any atom is -0.323 e. The van der Waals surface area contributed by atoms with Gasteiger partial charge in [-0.3, -0.25) is 0 Å². The van der Waals surface area contributed by atoms with Crippen molar-refractivity contribution in [3.8, 4) is 0 Å². The Morgan fingerprint density at radius 3 is 2.37 bits per heavy atom. The minimum absolute atomic E-state index is 0.188. The van der Waals surface area contributed by atoms with Gasteiger partial charge in [0.25, 0.3) is 0 Å². The van der Waals surface area contributed by atoms with Crippen LogP contribution in [-0.4, -0.2) is 5.75 Å². The highest BCUT2D eigenvalue weighted by Crippen LogP contribution is 2.33. The van der Waals surface area contributed by atoms with Crippen molar-refractivity contribution < 1.29 is 0 Å². The molecular formula is C14H12Cl3NS. The first-order chi connectivity index (χ1) is 9.09. The molecule has 0 aliphatic heterocycles. The molecule has 1 nitrogen and oxygen atoms in total. The molecule has 0 saturated heterocycles. The maximum absolute atomic E-state index is 6.16. The minimum atomic E-state index is -0.188. The van der Waals surface area contributed by atoms with Crippen LogP contribution in [0.15, 0.2) is 47.4 Å².